The zero-order valence-corrected chi connectivity index (χ0v) is 13.8. The third-order valence-corrected chi connectivity index (χ3v) is 3.54. The molecule has 0 fully saturated rings. The van der Waals surface area contributed by atoms with Crippen molar-refractivity contribution in [3.8, 4) is 11.9 Å². The summed E-state index contributed by atoms with van der Waals surface area (Å²) in [5.74, 6) is -0.422. The molecular formula is C16H15N5O4. The van der Waals surface area contributed by atoms with E-state index in [1.807, 2.05) is 6.07 Å². The van der Waals surface area contributed by atoms with Crippen molar-refractivity contribution < 1.29 is 10.0 Å². The number of aromatic hydroxyl groups is 1. The van der Waals surface area contributed by atoms with E-state index in [2.05, 4.69) is 10.2 Å². The van der Waals surface area contributed by atoms with E-state index in [1.54, 1.807) is 13.8 Å². The molecule has 0 saturated heterocycles. The van der Waals surface area contributed by atoms with Crippen LogP contribution in [0.1, 0.15) is 31.0 Å². The predicted molar refractivity (Wildman–Crippen MR) is 89.5 cm³/mol. The smallest absolute Gasteiger partial charge is 0.281 e. The quantitative estimate of drug-likeness (QED) is 0.514. The van der Waals surface area contributed by atoms with E-state index in [1.165, 1.54) is 31.2 Å². The highest BCUT2D eigenvalue weighted by atomic mass is 16.6. The van der Waals surface area contributed by atoms with Crippen LogP contribution in [0.5, 0.6) is 5.88 Å². The molecule has 0 aliphatic rings. The summed E-state index contributed by atoms with van der Waals surface area (Å²) in [6.07, 6.45) is 0. The van der Waals surface area contributed by atoms with Crippen molar-refractivity contribution in [2.75, 3.05) is 0 Å². The molecule has 1 N–H and O–H groups in total. The Morgan fingerprint density at radius 1 is 1.36 bits per heavy atom. The number of benzene rings is 1. The minimum absolute atomic E-state index is 0.0682. The SMILES string of the molecule is Cc1c(C#N)c(O)n(C(C)C)c(=O)c1N=Nc1cccc([N+](=O)[O-])c1. The first-order valence-corrected chi connectivity index (χ1v) is 7.32. The van der Waals surface area contributed by atoms with Gasteiger partial charge in [0, 0.05) is 23.7 Å². The van der Waals surface area contributed by atoms with E-state index < -0.39 is 22.4 Å². The van der Waals surface area contributed by atoms with Crippen LogP contribution in [0.2, 0.25) is 0 Å². The van der Waals surface area contributed by atoms with E-state index in [9.17, 15) is 25.3 Å². The molecule has 2 rings (SSSR count). The lowest BCUT2D eigenvalue weighted by molar-refractivity contribution is -0.384. The van der Waals surface area contributed by atoms with Crippen molar-refractivity contribution in [2.45, 2.75) is 26.8 Å². The number of aromatic nitrogens is 1. The molecule has 0 saturated carbocycles. The molecule has 0 aliphatic heterocycles. The second-order valence-electron chi connectivity index (χ2n) is 5.53. The van der Waals surface area contributed by atoms with Gasteiger partial charge in [0.2, 0.25) is 5.88 Å². The van der Waals surface area contributed by atoms with Crippen LogP contribution in [0.15, 0.2) is 39.3 Å². The first-order chi connectivity index (χ1) is 11.8. The van der Waals surface area contributed by atoms with Crippen LogP contribution in [0, 0.1) is 28.4 Å². The number of nitrogens with zero attached hydrogens (tertiary/aromatic N) is 5. The second kappa shape index (κ2) is 6.92. The van der Waals surface area contributed by atoms with E-state index in [0.717, 1.165) is 4.57 Å². The van der Waals surface area contributed by atoms with Crippen molar-refractivity contribution in [1.82, 2.24) is 4.57 Å². The van der Waals surface area contributed by atoms with Crippen LogP contribution in [-0.2, 0) is 0 Å². The van der Waals surface area contributed by atoms with Gasteiger partial charge in [0.05, 0.1) is 10.6 Å². The first-order valence-electron chi connectivity index (χ1n) is 7.32. The van der Waals surface area contributed by atoms with Crippen LogP contribution >= 0.6 is 0 Å². The fourth-order valence-corrected chi connectivity index (χ4v) is 2.28. The minimum atomic E-state index is -0.599. The minimum Gasteiger partial charge on any atom is -0.493 e. The van der Waals surface area contributed by atoms with Gasteiger partial charge < -0.3 is 5.11 Å². The molecule has 0 aliphatic carbocycles. The van der Waals surface area contributed by atoms with Gasteiger partial charge in [-0.3, -0.25) is 19.5 Å². The normalized spacial score (nSPS) is 11.0. The molecule has 0 unspecified atom stereocenters. The van der Waals surface area contributed by atoms with Crippen molar-refractivity contribution in [3.63, 3.8) is 0 Å². The van der Waals surface area contributed by atoms with Gasteiger partial charge in [0.25, 0.3) is 11.2 Å². The Kier molecular flexibility index (Phi) is 4.93. The van der Waals surface area contributed by atoms with E-state index in [0.29, 0.717) is 0 Å². The highest BCUT2D eigenvalue weighted by Gasteiger charge is 2.20. The topological polar surface area (TPSA) is 134 Å². The molecule has 0 atom stereocenters. The van der Waals surface area contributed by atoms with Gasteiger partial charge in [-0.25, -0.2) is 0 Å². The molecule has 2 aromatic rings. The summed E-state index contributed by atoms with van der Waals surface area (Å²) in [6.45, 7) is 4.84. The fraction of sp³-hybridized carbons (Fsp3) is 0.250. The van der Waals surface area contributed by atoms with Crippen molar-refractivity contribution >= 4 is 17.1 Å². The Hall–Kier alpha value is -3.54. The Bertz CT molecular complexity index is 970. The molecular weight excluding hydrogens is 326 g/mol. The lowest BCUT2D eigenvalue weighted by Crippen LogP contribution is -2.23. The average Bonchev–Trinajstić information content (AvgIpc) is 2.55. The third-order valence-electron chi connectivity index (χ3n) is 3.54. The number of nitriles is 1. The van der Waals surface area contributed by atoms with Crippen molar-refractivity contribution in [1.29, 1.82) is 5.26 Å². The van der Waals surface area contributed by atoms with Gasteiger partial charge in [0.15, 0.2) is 5.69 Å². The molecule has 9 nitrogen and oxygen atoms in total. The van der Waals surface area contributed by atoms with Gasteiger partial charge in [-0.1, -0.05) is 6.07 Å². The van der Waals surface area contributed by atoms with Gasteiger partial charge in [-0.05, 0) is 26.8 Å². The number of hydrogen-bond donors (Lipinski definition) is 1. The van der Waals surface area contributed by atoms with Crippen LogP contribution in [-0.4, -0.2) is 14.6 Å². The number of hydrogen-bond acceptors (Lipinski definition) is 7. The fourth-order valence-electron chi connectivity index (χ4n) is 2.28. The molecule has 1 aromatic heterocycles. The summed E-state index contributed by atoms with van der Waals surface area (Å²) >= 11 is 0. The number of pyridine rings is 1. The number of nitro benzene ring substituents is 1. The number of nitro groups is 1. The standard InChI is InChI=1S/C16H15N5O4/c1-9(2)20-15(22)13(8-17)10(3)14(16(20)23)19-18-11-5-4-6-12(7-11)21(24)25/h4-7,9,22H,1-3H3. The predicted octanol–water partition coefficient (Wildman–Crippen LogP) is 3.64. The molecule has 0 amide bonds. The Balaban J connectivity index is 2.62. The largest absolute Gasteiger partial charge is 0.493 e. The molecule has 25 heavy (non-hydrogen) atoms. The van der Waals surface area contributed by atoms with Gasteiger partial charge in [-0.2, -0.15) is 10.4 Å². The Morgan fingerprint density at radius 2 is 2.04 bits per heavy atom. The van der Waals surface area contributed by atoms with Crippen molar-refractivity contribution in [3.05, 3.63) is 55.9 Å². The van der Waals surface area contributed by atoms with E-state index >= 15 is 0 Å². The van der Waals surface area contributed by atoms with Crippen molar-refractivity contribution in [2.24, 2.45) is 10.2 Å². The van der Waals surface area contributed by atoms with Crippen LogP contribution < -0.4 is 5.56 Å². The average molecular weight is 341 g/mol. The Labute approximate surface area is 142 Å². The monoisotopic (exact) mass is 341 g/mol. The first kappa shape index (κ1) is 17.8. The lowest BCUT2D eigenvalue weighted by Gasteiger charge is -2.15. The summed E-state index contributed by atoms with van der Waals surface area (Å²) in [4.78, 5) is 22.8. The van der Waals surface area contributed by atoms with Gasteiger partial charge >= 0.3 is 0 Å². The second-order valence-corrected chi connectivity index (χ2v) is 5.53. The van der Waals surface area contributed by atoms with Gasteiger partial charge in [0.1, 0.15) is 11.6 Å². The van der Waals surface area contributed by atoms with E-state index in [-0.39, 0.29) is 28.2 Å². The molecule has 0 spiro atoms. The maximum Gasteiger partial charge on any atom is 0.281 e. The maximum atomic E-state index is 12.5. The molecule has 0 radical (unpaired) electrons. The molecule has 1 aromatic carbocycles. The summed E-state index contributed by atoms with van der Waals surface area (Å²) in [5, 5.41) is 37.9. The van der Waals surface area contributed by atoms with Crippen LogP contribution in [0.4, 0.5) is 17.1 Å². The summed E-state index contributed by atoms with van der Waals surface area (Å²) in [5.41, 5.74) is -0.544. The number of azo groups is 1. The highest BCUT2D eigenvalue weighted by molar-refractivity contribution is 5.57. The number of rotatable bonds is 4. The molecule has 1 heterocycles. The lowest BCUT2D eigenvalue weighted by atomic mass is 10.1. The Morgan fingerprint density at radius 3 is 2.60 bits per heavy atom. The summed E-state index contributed by atoms with van der Waals surface area (Å²) in [7, 11) is 0. The summed E-state index contributed by atoms with van der Waals surface area (Å²) < 4.78 is 1.05. The van der Waals surface area contributed by atoms with Crippen LogP contribution in [0.3, 0.4) is 0 Å². The highest BCUT2D eigenvalue weighted by Crippen LogP contribution is 2.29. The molecule has 128 valence electrons. The summed E-state index contributed by atoms with van der Waals surface area (Å²) in [6, 6.07) is 6.92. The van der Waals surface area contributed by atoms with Gasteiger partial charge in [-0.15, -0.1) is 5.11 Å². The van der Waals surface area contributed by atoms with E-state index in [4.69, 9.17) is 0 Å². The molecule has 9 heteroatoms. The van der Waals surface area contributed by atoms with Crippen LogP contribution in [0.25, 0.3) is 0 Å². The zero-order chi connectivity index (χ0) is 18.7. The third kappa shape index (κ3) is 3.37. The zero-order valence-electron chi connectivity index (χ0n) is 13.8. The maximum absolute atomic E-state index is 12.5. The molecule has 0 bridgehead atoms. The number of non-ortho nitro benzene ring substituents is 1.